The largest absolute Gasteiger partial charge is 0.467 e. The Labute approximate surface area is 130 Å². The maximum Gasteiger partial charge on any atom is 0.331 e. The Morgan fingerprint density at radius 1 is 1.36 bits per heavy atom. The van der Waals surface area contributed by atoms with E-state index in [-0.39, 0.29) is 5.97 Å². The molecule has 120 valence electrons. The molecule has 1 heterocycles. The van der Waals surface area contributed by atoms with Gasteiger partial charge in [0, 0.05) is 11.6 Å². The summed E-state index contributed by atoms with van der Waals surface area (Å²) in [7, 11) is -2.01. The maximum atomic E-state index is 12.2. The number of aromatic nitrogens is 1. The van der Waals surface area contributed by atoms with E-state index in [1.54, 1.807) is 31.3 Å². The second-order valence-corrected chi connectivity index (χ2v) is 7.17. The van der Waals surface area contributed by atoms with Gasteiger partial charge < -0.3 is 9.30 Å². The molecule has 0 aliphatic rings. The van der Waals surface area contributed by atoms with Crippen molar-refractivity contribution in [1.29, 1.82) is 0 Å². The molecule has 1 atom stereocenters. The number of nitrogens with one attached hydrogen (secondary N) is 1. The van der Waals surface area contributed by atoms with E-state index in [4.69, 9.17) is 4.74 Å². The van der Waals surface area contributed by atoms with Crippen molar-refractivity contribution < 1.29 is 17.9 Å². The summed E-state index contributed by atoms with van der Waals surface area (Å²) in [5, 5.41) is 0.733. The van der Waals surface area contributed by atoms with Crippen molar-refractivity contribution in [3.05, 3.63) is 30.5 Å². The number of benzene rings is 1. The number of carbonyl (C=O) groups is 1. The molecule has 2 rings (SSSR count). The monoisotopic (exact) mass is 324 g/mol. The van der Waals surface area contributed by atoms with Crippen LogP contribution in [0.15, 0.2) is 30.5 Å². The van der Waals surface area contributed by atoms with Crippen molar-refractivity contribution in [2.45, 2.75) is 25.8 Å². The molecule has 1 aromatic heterocycles. The van der Waals surface area contributed by atoms with Crippen molar-refractivity contribution in [2.24, 2.45) is 0 Å². The lowest BCUT2D eigenvalue weighted by atomic mass is 9.98. The van der Waals surface area contributed by atoms with Crippen molar-refractivity contribution in [2.75, 3.05) is 18.1 Å². The lowest BCUT2D eigenvalue weighted by Gasteiger charge is -2.28. The molecule has 1 aromatic carbocycles. The molecule has 0 radical (unpaired) electrons. The first-order chi connectivity index (χ1) is 10.2. The number of anilines is 1. The fourth-order valence-corrected chi connectivity index (χ4v) is 3.10. The third-order valence-electron chi connectivity index (χ3n) is 3.87. The van der Waals surface area contributed by atoms with Crippen molar-refractivity contribution in [3.63, 3.8) is 0 Å². The predicted octanol–water partition coefficient (Wildman–Crippen LogP) is 2.31. The molecule has 7 heteroatoms. The summed E-state index contributed by atoms with van der Waals surface area (Å²) in [5.74, 6) is -0.339. The van der Waals surface area contributed by atoms with E-state index >= 15 is 0 Å². The van der Waals surface area contributed by atoms with Crippen LogP contribution < -0.4 is 4.72 Å². The van der Waals surface area contributed by atoms with Crippen LogP contribution in [0.1, 0.15) is 20.3 Å². The molecule has 0 fully saturated rings. The summed E-state index contributed by atoms with van der Waals surface area (Å²) in [4.78, 5) is 12.2. The van der Waals surface area contributed by atoms with Crippen LogP contribution in [0, 0.1) is 0 Å². The second-order valence-electron chi connectivity index (χ2n) is 5.42. The molecule has 0 saturated carbocycles. The first kappa shape index (κ1) is 16.4. The summed E-state index contributed by atoms with van der Waals surface area (Å²) in [6.45, 7) is 3.70. The van der Waals surface area contributed by atoms with E-state index in [0.29, 0.717) is 12.1 Å². The van der Waals surface area contributed by atoms with Crippen LogP contribution in [0.3, 0.4) is 0 Å². The molecule has 0 bridgehead atoms. The highest BCUT2D eigenvalue weighted by molar-refractivity contribution is 7.92. The first-order valence-corrected chi connectivity index (χ1v) is 8.79. The number of sulfonamides is 1. The third-order valence-corrected chi connectivity index (χ3v) is 4.46. The van der Waals surface area contributed by atoms with E-state index < -0.39 is 15.6 Å². The molecular weight excluding hydrogens is 304 g/mol. The number of nitrogens with zero attached hydrogens (tertiary/aromatic N) is 1. The summed E-state index contributed by atoms with van der Waals surface area (Å²) >= 11 is 0. The van der Waals surface area contributed by atoms with Crippen molar-refractivity contribution >= 4 is 32.6 Å². The minimum atomic E-state index is -3.37. The molecule has 0 aliphatic heterocycles. The Kier molecular flexibility index (Phi) is 4.19. The van der Waals surface area contributed by atoms with Crippen LogP contribution in [0.4, 0.5) is 5.69 Å². The number of rotatable bonds is 5. The normalized spacial score (nSPS) is 14.5. The van der Waals surface area contributed by atoms with Gasteiger partial charge in [-0.05, 0) is 31.5 Å². The predicted molar refractivity (Wildman–Crippen MR) is 86.4 cm³/mol. The zero-order chi connectivity index (χ0) is 16.5. The molecule has 1 unspecified atom stereocenters. The molecular formula is C15H20N2O4S. The van der Waals surface area contributed by atoms with Gasteiger partial charge in [-0.25, -0.2) is 13.2 Å². The number of hydrogen-bond donors (Lipinski definition) is 1. The highest BCUT2D eigenvalue weighted by Crippen LogP contribution is 2.32. The topological polar surface area (TPSA) is 77.4 Å². The van der Waals surface area contributed by atoms with Gasteiger partial charge in [0.25, 0.3) is 0 Å². The van der Waals surface area contributed by atoms with Crippen LogP contribution in [0.5, 0.6) is 0 Å². The fourth-order valence-electron chi connectivity index (χ4n) is 2.52. The smallest absolute Gasteiger partial charge is 0.331 e. The Morgan fingerprint density at radius 3 is 2.59 bits per heavy atom. The van der Waals surface area contributed by atoms with Gasteiger partial charge in [0.15, 0.2) is 0 Å². The number of hydrogen-bond acceptors (Lipinski definition) is 4. The van der Waals surface area contributed by atoms with Gasteiger partial charge in [0.05, 0.1) is 24.6 Å². The average Bonchev–Trinajstić information content (AvgIpc) is 2.89. The van der Waals surface area contributed by atoms with Crippen molar-refractivity contribution in [1.82, 2.24) is 4.57 Å². The average molecular weight is 324 g/mol. The standard InChI is InChI=1S/C15H20N2O4S/c1-5-15(2,14(18)21-3)17-10-9-11-12(16-22(4,19)20)7-6-8-13(11)17/h6-10,16H,5H2,1-4H3. The van der Waals surface area contributed by atoms with Gasteiger partial charge in [0.1, 0.15) is 5.54 Å². The van der Waals surface area contributed by atoms with E-state index in [1.807, 2.05) is 17.6 Å². The summed E-state index contributed by atoms with van der Waals surface area (Å²) in [6, 6.07) is 7.08. The summed E-state index contributed by atoms with van der Waals surface area (Å²) in [5.41, 5.74) is 0.408. The first-order valence-electron chi connectivity index (χ1n) is 6.89. The van der Waals surface area contributed by atoms with Crippen molar-refractivity contribution in [3.8, 4) is 0 Å². The Morgan fingerprint density at radius 2 is 2.05 bits per heavy atom. The number of esters is 1. The Hall–Kier alpha value is -2.02. The van der Waals surface area contributed by atoms with Crippen LogP contribution in [0.2, 0.25) is 0 Å². The van der Waals surface area contributed by atoms with Crippen LogP contribution in [-0.2, 0) is 25.1 Å². The van der Waals surface area contributed by atoms with Gasteiger partial charge in [-0.1, -0.05) is 13.0 Å². The molecule has 0 aliphatic carbocycles. The van der Waals surface area contributed by atoms with Gasteiger partial charge in [-0.3, -0.25) is 4.72 Å². The molecule has 0 spiro atoms. The lowest BCUT2D eigenvalue weighted by Crippen LogP contribution is -2.38. The Bertz CT molecular complexity index is 810. The van der Waals surface area contributed by atoms with Crippen LogP contribution >= 0.6 is 0 Å². The number of fused-ring (bicyclic) bond motifs is 1. The van der Waals surface area contributed by atoms with E-state index in [9.17, 15) is 13.2 Å². The van der Waals surface area contributed by atoms with Crippen LogP contribution in [0.25, 0.3) is 10.9 Å². The minimum absolute atomic E-state index is 0.339. The van der Waals surface area contributed by atoms with Gasteiger partial charge in [0.2, 0.25) is 10.0 Å². The number of ether oxygens (including phenoxy) is 1. The molecule has 1 N–H and O–H groups in total. The van der Waals surface area contributed by atoms with E-state index in [0.717, 1.165) is 17.2 Å². The van der Waals surface area contributed by atoms with E-state index in [2.05, 4.69) is 4.72 Å². The second kappa shape index (κ2) is 5.64. The SMILES string of the molecule is CCC(C)(C(=O)OC)n1ccc2c(NS(C)(=O)=O)cccc21. The molecule has 0 amide bonds. The van der Waals surface area contributed by atoms with Gasteiger partial charge in [-0.2, -0.15) is 0 Å². The Balaban J connectivity index is 2.64. The zero-order valence-corrected chi connectivity index (χ0v) is 13.9. The molecule has 22 heavy (non-hydrogen) atoms. The highest BCUT2D eigenvalue weighted by Gasteiger charge is 2.35. The maximum absolute atomic E-state index is 12.2. The number of carbonyl (C=O) groups excluding carboxylic acids is 1. The zero-order valence-electron chi connectivity index (χ0n) is 13.1. The molecule has 0 saturated heterocycles. The van der Waals surface area contributed by atoms with E-state index in [1.165, 1.54) is 7.11 Å². The van der Waals surface area contributed by atoms with Gasteiger partial charge in [-0.15, -0.1) is 0 Å². The summed E-state index contributed by atoms with van der Waals surface area (Å²) in [6.07, 6.45) is 3.43. The fraction of sp³-hybridized carbons (Fsp3) is 0.400. The third kappa shape index (κ3) is 2.81. The quantitative estimate of drug-likeness (QED) is 0.856. The molecule has 2 aromatic rings. The number of methoxy groups -OCH3 is 1. The minimum Gasteiger partial charge on any atom is -0.467 e. The lowest BCUT2D eigenvalue weighted by molar-refractivity contribution is -0.150. The summed E-state index contributed by atoms with van der Waals surface area (Å²) < 4.78 is 32.2. The van der Waals surface area contributed by atoms with Crippen LogP contribution in [-0.4, -0.2) is 32.3 Å². The highest BCUT2D eigenvalue weighted by atomic mass is 32.2. The molecule has 6 nitrogen and oxygen atoms in total. The van der Waals surface area contributed by atoms with Gasteiger partial charge >= 0.3 is 5.97 Å².